The van der Waals surface area contributed by atoms with Crippen LogP contribution in [0.4, 0.5) is 5.69 Å². The largest absolute Gasteiger partial charge is 0.484 e. The zero-order chi connectivity index (χ0) is 37.1. The van der Waals surface area contributed by atoms with E-state index in [1.54, 1.807) is 45.4 Å². The lowest BCUT2D eigenvalue weighted by Gasteiger charge is -2.42. The molecule has 1 saturated heterocycles. The van der Waals surface area contributed by atoms with Crippen LogP contribution < -0.4 is 15.0 Å². The summed E-state index contributed by atoms with van der Waals surface area (Å²) in [5.41, 5.74) is 3.96. The predicted octanol–water partition coefficient (Wildman–Crippen LogP) is 5.25. The maximum absolute atomic E-state index is 14.3. The molecular weight excluding hydrogens is 685 g/mol. The van der Waals surface area contributed by atoms with Crippen molar-refractivity contribution in [1.29, 1.82) is 0 Å². The second-order valence-electron chi connectivity index (χ2n) is 13.7. The lowest BCUT2D eigenvalue weighted by Crippen LogP contribution is -2.57. The first-order chi connectivity index (χ1) is 25.2. The molecule has 2 N–H and O–H groups in total. The number of carbonyl (C=O) groups is 1. The number of ether oxygens (including phenoxy) is 5. The number of para-hydroxylation sites is 2. The number of aryl methyl sites for hydroxylation is 1. The smallest absolute Gasteiger partial charge is 0.307 e. The topological polar surface area (TPSA) is 133 Å². The molecule has 0 radical (unpaired) electrons. The Morgan fingerprint density at radius 3 is 2.42 bits per heavy atom. The van der Waals surface area contributed by atoms with Gasteiger partial charge in [-0.15, -0.1) is 0 Å². The SMILES string of the molecule is CCC(C(=O)O)C([C@@H]1C[C@H](c2ccc(COCCOC)cc2)[C@@H](OCC2CN(CCCOC)c3ccccc3O2)CN1)S(=O)(=O)c1ccc(C)cc1. The summed E-state index contributed by atoms with van der Waals surface area (Å²) in [6, 6.07) is 22.1. The Morgan fingerprint density at radius 2 is 1.73 bits per heavy atom. The van der Waals surface area contributed by atoms with E-state index in [0.29, 0.717) is 52.5 Å². The van der Waals surface area contributed by atoms with Gasteiger partial charge < -0.3 is 39.0 Å². The highest BCUT2D eigenvalue weighted by atomic mass is 32.2. The number of benzene rings is 3. The quantitative estimate of drug-likeness (QED) is 0.157. The zero-order valence-electron chi connectivity index (χ0n) is 30.7. The Labute approximate surface area is 308 Å². The molecule has 3 aromatic rings. The average molecular weight is 739 g/mol. The van der Waals surface area contributed by atoms with Crippen LogP contribution in [-0.2, 0) is 40.2 Å². The number of rotatable bonds is 19. The Kier molecular flexibility index (Phi) is 14.5. The molecule has 2 aliphatic heterocycles. The fourth-order valence-electron chi connectivity index (χ4n) is 7.34. The van der Waals surface area contributed by atoms with E-state index in [9.17, 15) is 18.3 Å². The van der Waals surface area contributed by atoms with Gasteiger partial charge in [0.25, 0.3) is 0 Å². The van der Waals surface area contributed by atoms with Crippen molar-refractivity contribution in [2.24, 2.45) is 5.92 Å². The summed E-state index contributed by atoms with van der Waals surface area (Å²) in [5.74, 6) is -1.63. The third-order valence-electron chi connectivity index (χ3n) is 10.1. The van der Waals surface area contributed by atoms with Gasteiger partial charge in [0.2, 0.25) is 0 Å². The number of nitrogens with one attached hydrogen (secondary N) is 1. The molecule has 2 aliphatic rings. The summed E-state index contributed by atoms with van der Waals surface area (Å²) in [7, 11) is -0.696. The third kappa shape index (κ3) is 9.91. The van der Waals surface area contributed by atoms with Gasteiger partial charge in [0.1, 0.15) is 11.9 Å². The fraction of sp³-hybridized carbons (Fsp3) is 0.525. The van der Waals surface area contributed by atoms with E-state index in [-0.39, 0.29) is 29.4 Å². The van der Waals surface area contributed by atoms with Gasteiger partial charge in [-0.25, -0.2) is 8.42 Å². The van der Waals surface area contributed by atoms with Crippen LogP contribution in [0.15, 0.2) is 77.7 Å². The monoisotopic (exact) mass is 738 g/mol. The highest BCUT2D eigenvalue weighted by molar-refractivity contribution is 7.92. The molecule has 3 unspecified atom stereocenters. The Hall–Kier alpha value is -3.52. The number of carboxylic acid groups (broad SMARTS) is 1. The summed E-state index contributed by atoms with van der Waals surface area (Å²) >= 11 is 0. The van der Waals surface area contributed by atoms with Crippen molar-refractivity contribution in [3.63, 3.8) is 0 Å². The number of hydrogen-bond acceptors (Lipinski definition) is 10. The molecule has 284 valence electrons. The lowest BCUT2D eigenvalue weighted by molar-refractivity contribution is -0.142. The molecule has 0 aromatic heterocycles. The Bertz CT molecular complexity index is 1670. The summed E-state index contributed by atoms with van der Waals surface area (Å²) < 4.78 is 57.9. The van der Waals surface area contributed by atoms with Gasteiger partial charge in [0, 0.05) is 45.9 Å². The molecule has 11 nitrogen and oxygen atoms in total. The lowest BCUT2D eigenvalue weighted by atomic mass is 9.80. The molecule has 0 amide bonds. The van der Waals surface area contributed by atoms with Crippen LogP contribution in [0.25, 0.3) is 0 Å². The number of nitrogens with zero attached hydrogens (tertiary/aromatic N) is 1. The van der Waals surface area contributed by atoms with Crippen LogP contribution in [0.1, 0.15) is 48.8 Å². The van der Waals surface area contributed by atoms with Crippen molar-refractivity contribution < 1.29 is 42.0 Å². The highest BCUT2D eigenvalue weighted by Crippen LogP contribution is 2.38. The molecule has 0 aliphatic carbocycles. The molecule has 5 rings (SSSR count). The minimum atomic E-state index is -4.04. The standard InChI is InChI=1S/C40H54N2O9S/c1-5-33(40(43)44)39(52(45,46)32-17-11-28(2)12-18-32)35-23-34(30-15-13-29(14-16-30)26-49-22-21-48-4)38(24-41-35)50-27-31-25-42(19-8-20-47-3)36-9-6-7-10-37(36)51-31/h6-7,9-18,31,33-35,38-39,41H,5,8,19-27H2,1-4H3,(H,43,44)/t31?,33?,34-,35+,38+,39?/m1/s1. The summed E-state index contributed by atoms with van der Waals surface area (Å²) in [4.78, 5) is 15.1. The highest BCUT2D eigenvalue weighted by Gasteiger charge is 2.47. The number of carboxylic acids is 1. The molecule has 0 bridgehead atoms. The number of piperidine rings is 1. The fourth-order valence-corrected chi connectivity index (χ4v) is 9.55. The number of aliphatic carboxylic acids is 1. The number of hydrogen-bond donors (Lipinski definition) is 2. The van der Waals surface area contributed by atoms with Gasteiger partial charge in [-0.3, -0.25) is 4.79 Å². The van der Waals surface area contributed by atoms with E-state index in [1.807, 2.05) is 49.4 Å². The minimum Gasteiger partial charge on any atom is -0.484 e. The van der Waals surface area contributed by atoms with Crippen LogP contribution in [0.2, 0.25) is 0 Å². The molecule has 2 heterocycles. The number of methoxy groups -OCH3 is 2. The van der Waals surface area contributed by atoms with Crippen molar-refractivity contribution >= 4 is 21.5 Å². The molecule has 0 spiro atoms. The normalized spacial score (nSPS) is 21.6. The summed E-state index contributed by atoms with van der Waals surface area (Å²) in [6.45, 7) is 7.86. The van der Waals surface area contributed by atoms with Crippen LogP contribution in [-0.4, -0.2) is 103 Å². The van der Waals surface area contributed by atoms with Crippen LogP contribution >= 0.6 is 0 Å². The first kappa shape index (κ1) is 39.7. The molecule has 52 heavy (non-hydrogen) atoms. The van der Waals surface area contributed by atoms with Crippen LogP contribution in [0, 0.1) is 12.8 Å². The van der Waals surface area contributed by atoms with Crippen molar-refractivity contribution in [3.8, 4) is 5.75 Å². The predicted molar refractivity (Wildman–Crippen MR) is 200 cm³/mol. The number of sulfone groups is 1. The van der Waals surface area contributed by atoms with Gasteiger partial charge >= 0.3 is 5.97 Å². The second-order valence-corrected chi connectivity index (χ2v) is 15.8. The number of fused-ring (bicyclic) bond motifs is 1. The molecule has 6 atom stereocenters. The van der Waals surface area contributed by atoms with Gasteiger partial charge in [0.15, 0.2) is 9.84 Å². The van der Waals surface area contributed by atoms with Gasteiger partial charge in [0.05, 0.1) is 60.8 Å². The molecule has 12 heteroatoms. The van der Waals surface area contributed by atoms with Crippen molar-refractivity contribution in [2.45, 2.75) is 74.0 Å². The van der Waals surface area contributed by atoms with E-state index in [2.05, 4.69) is 16.3 Å². The van der Waals surface area contributed by atoms with Gasteiger partial charge in [-0.1, -0.05) is 61.0 Å². The first-order valence-electron chi connectivity index (χ1n) is 18.2. The average Bonchev–Trinajstić information content (AvgIpc) is 3.15. The summed E-state index contributed by atoms with van der Waals surface area (Å²) in [6.07, 6.45) is 0.867. The van der Waals surface area contributed by atoms with Crippen LogP contribution in [0.3, 0.4) is 0 Å². The first-order valence-corrected chi connectivity index (χ1v) is 19.7. The van der Waals surface area contributed by atoms with Crippen molar-refractivity contribution in [1.82, 2.24) is 5.32 Å². The van der Waals surface area contributed by atoms with Crippen LogP contribution in [0.5, 0.6) is 5.75 Å². The molecular formula is C40H54N2O9S. The van der Waals surface area contributed by atoms with Gasteiger partial charge in [-0.05, 0) is 61.6 Å². The maximum Gasteiger partial charge on any atom is 0.307 e. The van der Waals surface area contributed by atoms with Crippen molar-refractivity contribution in [2.75, 3.05) is 65.2 Å². The molecule has 1 fully saturated rings. The zero-order valence-corrected chi connectivity index (χ0v) is 31.6. The van der Waals surface area contributed by atoms with E-state index in [0.717, 1.165) is 41.1 Å². The van der Waals surface area contributed by atoms with Gasteiger partial charge in [-0.2, -0.15) is 0 Å². The molecule has 3 aromatic carbocycles. The summed E-state index contributed by atoms with van der Waals surface area (Å²) in [5, 5.41) is 12.6. The Balaban J connectivity index is 1.40. The number of anilines is 1. The van der Waals surface area contributed by atoms with Crippen molar-refractivity contribution in [3.05, 3.63) is 89.5 Å². The second kappa shape index (κ2) is 19.0. The van der Waals surface area contributed by atoms with E-state index < -0.39 is 33.0 Å². The maximum atomic E-state index is 14.3. The molecule has 0 saturated carbocycles. The van der Waals surface area contributed by atoms with E-state index in [1.165, 1.54) is 0 Å². The van der Waals surface area contributed by atoms with E-state index >= 15 is 0 Å². The Morgan fingerprint density at radius 1 is 1.00 bits per heavy atom. The minimum absolute atomic E-state index is 0.127. The third-order valence-corrected chi connectivity index (χ3v) is 12.4. The van der Waals surface area contributed by atoms with E-state index in [4.69, 9.17) is 23.7 Å².